The number of anilines is 4. The molecule has 0 unspecified atom stereocenters. The van der Waals surface area contributed by atoms with Crippen LogP contribution in [0.1, 0.15) is 5.56 Å². The van der Waals surface area contributed by atoms with Crippen LogP contribution in [-0.4, -0.2) is 23.2 Å². The van der Waals surface area contributed by atoms with E-state index in [9.17, 15) is 0 Å². The van der Waals surface area contributed by atoms with E-state index in [0.29, 0.717) is 19.2 Å². The molecule has 0 spiro atoms. The Morgan fingerprint density at radius 3 is 2.38 bits per heavy atom. The van der Waals surface area contributed by atoms with Crippen molar-refractivity contribution in [2.75, 3.05) is 23.8 Å². The summed E-state index contributed by atoms with van der Waals surface area (Å²) < 4.78 is 11.3. The first-order valence-corrected chi connectivity index (χ1v) is 9.52. The Labute approximate surface area is 168 Å². The van der Waals surface area contributed by atoms with Gasteiger partial charge in [0.25, 0.3) is 0 Å². The van der Waals surface area contributed by atoms with Gasteiger partial charge in [0.1, 0.15) is 19.0 Å². The van der Waals surface area contributed by atoms with Crippen LogP contribution in [0.25, 0.3) is 10.9 Å². The van der Waals surface area contributed by atoms with Crippen molar-refractivity contribution >= 4 is 34.0 Å². The van der Waals surface area contributed by atoms with Crippen LogP contribution in [0, 0.1) is 6.92 Å². The van der Waals surface area contributed by atoms with Crippen LogP contribution in [-0.2, 0) is 0 Å². The number of nitrogens with zero attached hydrogens (tertiary/aromatic N) is 2. The Balaban J connectivity index is 1.50. The summed E-state index contributed by atoms with van der Waals surface area (Å²) in [4.78, 5) is 9.39. The smallest absolute Gasteiger partial charge is 0.229 e. The van der Waals surface area contributed by atoms with Crippen LogP contribution >= 0.6 is 0 Å². The summed E-state index contributed by atoms with van der Waals surface area (Å²) >= 11 is 0. The average Bonchev–Trinajstić information content (AvgIpc) is 2.75. The molecule has 3 aromatic carbocycles. The standard InChI is InChI=1S/C23H20N4O2/c1-15-6-8-16(9-7-15)24-22-18-4-2-3-5-19(18)26-23(27-22)25-17-10-11-20-21(14-17)29-13-12-28-20/h2-11,14H,12-13H2,1H3,(H2,24,25,26,27). The summed E-state index contributed by atoms with van der Waals surface area (Å²) in [5.74, 6) is 2.73. The normalized spacial score (nSPS) is 12.6. The van der Waals surface area contributed by atoms with E-state index >= 15 is 0 Å². The van der Waals surface area contributed by atoms with E-state index in [2.05, 4.69) is 34.7 Å². The molecule has 144 valence electrons. The van der Waals surface area contributed by atoms with Crippen molar-refractivity contribution in [2.24, 2.45) is 0 Å². The summed E-state index contributed by atoms with van der Waals surface area (Å²) in [6.45, 7) is 3.19. The number of fused-ring (bicyclic) bond motifs is 2. The highest BCUT2D eigenvalue weighted by Crippen LogP contribution is 2.34. The summed E-state index contributed by atoms with van der Waals surface area (Å²) in [5, 5.41) is 7.66. The minimum atomic E-state index is 0.509. The number of para-hydroxylation sites is 1. The van der Waals surface area contributed by atoms with E-state index in [-0.39, 0.29) is 0 Å². The molecule has 6 nitrogen and oxygen atoms in total. The molecule has 0 bridgehead atoms. The molecule has 2 heterocycles. The van der Waals surface area contributed by atoms with E-state index in [4.69, 9.17) is 14.5 Å². The van der Waals surface area contributed by atoms with Gasteiger partial charge in [0.2, 0.25) is 5.95 Å². The fourth-order valence-electron chi connectivity index (χ4n) is 3.25. The topological polar surface area (TPSA) is 68.3 Å². The molecule has 4 aromatic rings. The van der Waals surface area contributed by atoms with Crippen molar-refractivity contribution in [1.29, 1.82) is 0 Å². The van der Waals surface area contributed by atoms with Gasteiger partial charge >= 0.3 is 0 Å². The maximum Gasteiger partial charge on any atom is 0.229 e. The maximum atomic E-state index is 5.67. The van der Waals surface area contributed by atoms with Gasteiger partial charge in [-0.25, -0.2) is 4.98 Å². The number of nitrogens with one attached hydrogen (secondary N) is 2. The minimum absolute atomic E-state index is 0.509. The van der Waals surface area contributed by atoms with E-state index in [1.54, 1.807) is 0 Å². The Morgan fingerprint density at radius 2 is 1.52 bits per heavy atom. The number of hydrogen-bond acceptors (Lipinski definition) is 6. The van der Waals surface area contributed by atoms with Crippen molar-refractivity contribution in [3.63, 3.8) is 0 Å². The molecule has 6 heteroatoms. The largest absolute Gasteiger partial charge is 0.486 e. The summed E-state index contributed by atoms with van der Waals surface area (Å²) in [6, 6.07) is 21.9. The first-order valence-electron chi connectivity index (χ1n) is 9.52. The zero-order valence-corrected chi connectivity index (χ0v) is 16.0. The van der Waals surface area contributed by atoms with Crippen LogP contribution in [0.5, 0.6) is 11.5 Å². The van der Waals surface area contributed by atoms with Crippen LogP contribution < -0.4 is 20.1 Å². The maximum absolute atomic E-state index is 5.67. The molecule has 0 aliphatic carbocycles. The number of aromatic nitrogens is 2. The van der Waals surface area contributed by atoms with E-state index in [0.717, 1.165) is 39.6 Å². The summed E-state index contributed by atoms with van der Waals surface area (Å²) in [6.07, 6.45) is 0. The molecule has 5 rings (SSSR count). The van der Waals surface area contributed by atoms with Gasteiger partial charge in [-0.15, -0.1) is 0 Å². The van der Waals surface area contributed by atoms with Gasteiger partial charge in [0.05, 0.1) is 5.52 Å². The average molecular weight is 384 g/mol. The number of rotatable bonds is 4. The number of hydrogen-bond donors (Lipinski definition) is 2. The molecule has 0 saturated carbocycles. The van der Waals surface area contributed by atoms with Crippen molar-refractivity contribution in [2.45, 2.75) is 6.92 Å². The molecule has 0 amide bonds. The molecule has 0 saturated heterocycles. The van der Waals surface area contributed by atoms with Gasteiger partial charge in [-0.1, -0.05) is 29.8 Å². The van der Waals surface area contributed by atoms with Crippen LogP contribution in [0.15, 0.2) is 66.7 Å². The van der Waals surface area contributed by atoms with Gasteiger partial charge < -0.3 is 20.1 Å². The lowest BCUT2D eigenvalue weighted by Gasteiger charge is -2.19. The first-order chi connectivity index (χ1) is 14.2. The fraction of sp³-hybridized carbons (Fsp3) is 0.130. The van der Waals surface area contributed by atoms with Gasteiger partial charge in [0, 0.05) is 22.8 Å². The van der Waals surface area contributed by atoms with Crippen LogP contribution in [0.2, 0.25) is 0 Å². The van der Waals surface area contributed by atoms with Crippen molar-refractivity contribution < 1.29 is 9.47 Å². The predicted octanol–water partition coefficient (Wildman–Crippen LogP) is 5.20. The molecule has 0 fully saturated rings. The lowest BCUT2D eigenvalue weighted by Crippen LogP contribution is -2.15. The minimum Gasteiger partial charge on any atom is -0.486 e. The Hall–Kier alpha value is -3.80. The lowest BCUT2D eigenvalue weighted by molar-refractivity contribution is 0.171. The molecule has 1 aliphatic rings. The van der Waals surface area contributed by atoms with Gasteiger partial charge in [0.15, 0.2) is 11.5 Å². The zero-order chi connectivity index (χ0) is 19.6. The van der Waals surface area contributed by atoms with Crippen LogP contribution in [0.3, 0.4) is 0 Å². The fourth-order valence-corrected chi connectivity index (χ4v) is 3.25. The SMILES string of the molecule is Cc1ccc(Nc2nc(Nc3ccc4c(c3)OCCO4)nc3ccccc23)cc1. The second kappa shape index (κ2) is 7.31. The molecular formula is C23H20N4O2. The Kier molecular flexibility index (Phi) is 4.37. The molecule has 0 atom stereocenters. The highest BCUT2D eigenvalue weighted by molar-refractivity contribution is 5.92. The number of benzene rings is 3. The van der Waals surface area contributed by atoms with Crippen molar-refractivity contribution in [3.8, 4) is 11.5 Å². The first kappa shape index (κ1) is 17.3. The molecule has 0 radical (unpaired) electrons. The second-order valence-corrected chi connectivity index (χ2v) is 6.89. The van der Waals surface area contributed by atoms with Gasteiger partial charge in [-0.2, -0.15) is 4.98 Å². The van der Waals surface area contributed by atoms with Crippen molar-refractivity contribution in [1.82, 2.24) is 9.97 Å². The highest BCUT2D eigenvalue weighted by atomic mass is 16.6. The predicted molar refractivity (Wildman–Crippen MR) is 115 cm³/mol. The monoisotopic (exact) mass is 384 g/mol. The Morgan fingerprint density at radius 1 is 0.759 bits per heavy atom. The third-order valence-electron chi connectivity index (χ3n) is 4.72. The molecule has 1 aromatic heterocycles. The lowest BCUT2D eigenvalue weighted by atomic mass is 10.2. The van der Waals surface area contributed by atoms with E-state index < -0.39 is 0 Å². The van der Waals surface area contributed by atoms with Gasteiger partial charge in [-0.3, -0.25) is 0 Å². The molecule has 29 heavy (non-hydrogen) atoms. The third kappa shape index (κ3) is 3.65. The summed E-state index contributed by atoms with van der Waals surface area (Å²) in [7, 11) is 0. The van der Waals surface area contributed by atoms with Crippen LogP contribution in [0.4, 0.5) is 23.1 Å². The highest BCUT2D eigenvalue weighted by Gasteiger charge is 2.13. The number of aryl methyl sites for hydroxylation is 1. The van der Waals surface area contributed by atoms with Crippen molar-refractivity contribution in [3.05, 3.63) is 72.3 Å². The summed E-state index contributed by atoms with van der Waals surface area (Å²) in [5.41, 5.74) is 3.89. The van der Waals surface area contributed by atoms with E-state index in [1.807, 2.05) is 54.6 Å². The number of ether oxygens (including phenoxy) is 2. The van der Waals surface area contributed by atoms with Gasteiger partial charge in [-0.05, 0) is 43.3 Å². The molecular weight excluding hydrogens is 364 g/mol. The third-order valence-corrected chi connectivity index (χ3v) is 4.72. The zero-order valence-electron chi connectivity index (χ0n) is 16.0. The quantitative estimate of drug-likeness (QED) is 0.504. The Bertz CT molecular complexity index is 1180. The van der Waals surface area contributed by atoms with E-state index in [1.165, 1.54) is 5.56 Å². The molecule has 2 N–H and O–H groups in total. The second-order valence-electron chi connectivity index (χ2n) is 6.89. The molecule has 1 aliphatic heterocycles.